The molecule has 0 bridgehead atoms. The molecule has 44 valence electrons. The highest BCUT2D eigenvalue weighted by molar-refractivity contribution is 8.19. The van der Waals surface area contributed by atoms with E-state index in [1.54, 1.807) is 6.20 Å². The van der Waals surface area contributed by atoms with E-state index in [-0.39, 0.29) is 0 Å². The van der Waals surface area contributed by atoms with E-state index in [1.807, 2.05) is 6.92 Å². The molecule has 1 aliphatic heterocycles. The molecule has 0 spiro atoms. The van der Waals surface area contributed by atoms with Gasteiger partial charge in [0.25, 0.3) is 0 Å². The Balaban J connectivity index is 2.57. The molecule has 1 rings (SSSR count). The molecule has 0 radical (unpaired) electrons. The number of nitrogens with one attached hydrogen (secondary N) is 1. The zero-order chi connectivity index (χ0) is 5.98. The van der Waals surface area contributed by atoms with Gasteiger partial charge >= 0.3 is 0 Å². The SMILES string of the molecule is CC1=CNN=C(Cl)S1. The number of hydrogen-bond acceptors (Lipinski definition) is 3. The Labute approximate surface area is 57.0 Å². The molecule has 0 aromatic rings. The minimum Gasteiger partial charge on any atom is -0.283 e. The molecule has 0 aromatic carbocycles. The summed E-state index contributed by atoms with van der Waals surface area (Å²) in [5.74, 6) is 0. The minimum absolute atomic E-state index is 0.546. The first-order valence-corrected chi connectivity index (χ1v) is 3.32. The van der Waals surface area contributed by atoms with Crippen LogP contribution in [-0.2, 0) is 0 Å². The molecule has 1 heterocycles. The summed E-state index contributed by atoms with van der Waals surface area (Å²) in [5, 5.41) is 3.70. The lowest BCUT2D eigenvalue weighted by Crippen LogP contribution is -2.01. The van der Waals surface area contributed by atoms with Gasteiger partial charge in [-0.05, 0) is 6.92 Å². The van der Waals surface area contributed by atoms with Crippen LogP contribution in [0.1, 0.15) is 6.92 Å². The van der Waals surface area contributed by atoms with E-state index in [2.05, 4.69) is 10.5 Å². The summed E-state index contributed by atoms with van der Waals surface area (Å²) in [6.45, 7) is 1.97. The second-order valence-corrected chi connectivity index (χ2v) is 3.17. The molecule has 4 heteroatoms. The molecule has 0 unspecified atom stereocenters. The Morgan fingerprint density at radius 1 is 1.88 bits per heavy atom. The number of rotatable bonds is 0. The van der Waals surface area contributed by atoms with E-state index in [4.69, 9.17) is 11.6 Å². The summed E-state index contributed by atoms with van der Waals surface area (Å²) in [5.41, 5.74) is 2.66. The minimum atomic E-state index is 0.546. The number of allylic oxidation sites excluding steroid dienone is 1. The molecule has 0 atom stereocenters. The molecule has 1 aliphatic rings. The molecular formula is C4H5ClN2S. The number of hydrogen-bond donors (Lipinski definition) is 1. The van der Waals surface area contributed by atoms with Crippen molar-refractivity contribution in [2.75, 3.05) is 0 Å². The highest BCUT2D eigenvalue weighted by atomic mass is 35.5. The first-order chi connectivity index (χ1) is 3.79. The third-order valence-corrected chi connectivity index (χ3v) is 1.68. The van der Waals surface area contributed by atoms with Crippen LogP contribution < -0.4 is 5.43 Å². The lowest BCUT2D eigenvalue weighted by molar-refractivity contribution is 0.968. The van der Waals surface area contributed by atoms with E-state index in [9.17, 15) is 0 Å². The van der Waals surface area contributed by atoms with Gasteiger partial charge in [-0.3, -0.25) is 5.43 Å². The maximum Gasteiger partial charge on any atom is 0.187 e. The van der Waals surface area contributed by atoms with Gasteiger partial charge in [-0.1, -0.05) is 23.4 Å². The third-order valence-electron chi connectivity index (χ3n) is 0.665. The van der Waals surface area contributed by atoms with Crippen LogP contribution in [0.4, 0.5) is 0 Å². The van der Waals surface area contributed by atoms with Gasteiger partial charge in [0.15, 0.2) is 4.50 Å². The summed E-state index contributed by atoms with van der Waals surface area (Å²) >= 11 is 6.98. The molecule has 0 saturated carbocycles. The monoisotopic (exact) mass is 148 g/mol. The van der Waals surface area contributed by atoms with Crippen molar-refractivity contribution in [1.29, 1.82) is 0 Å². The summed E-state index contributed by atoms with van der Waals surface area (Å²) in [6, 6.07) is 0. The van der Waals surface area contributed by atoms with Gasteiger partial charge in [-0.25, -0.2) is 0 Å². The van der Waals surface area contributed by atoms with Crippen molar-refractivity contribution >= 4 is 27.9 Å². The van der Waals surface area contributed by atoms with Crippen LogP contribution in [0.3, 0.4) is 0 Å². The van der Waals surface area contributed by atoms with Crippen LogP contribution >= 0.6 is 23.4 Å². The van der Waals surface area contributed by atoms with Crippen molar-refractivity contribution < 1.29 is 0 Å². The van der Waals surface area contributed by atoms with Crippen LogP contribution in [0, 0.1) is 0 Å². The van der Waals surface area contributed by atoms with E-state index < -0.39 is 0 Å². The van der Waals surface area contributed by atoms with E-state index in [0.717, 1.165) is 4.91 Å². The average Bonchev–Trinajstić information content (AvgIpc) is 1.64. The maximum atomic E-state index is 5.52. The van der Waals surface area contributed by atoms with Crippen molar-refractivity contribution in [2.24, 2.45) is 5.10 Å². The van der Waals surface area contributed by atoms with E-state index >= 15 is 0 Å². The van der Waals surface area contributed by atoms with Crippen LogP contribution in [0.25, 0.3) is 0 Å². The lowest BCUT2D eigenvalue weighted by atomic mass is 10.7. The normalized spacial score (nSPS) is 18.8. The maximum absolute atomic E-state index is 5.52. The molecule has 0 aromatic heterocycles. The van der Waals surface area contributed by atoms with Crippen LogP contribution in [0.15, 0.2) is 16.2 Å². The lowest BCUT2D eigenvalue weighted by Gasteiger charge is -2.03. The standard InChI is InChI=1S/C4H5ClN2S/c1-3-2-6-7-4(5)8-3/h2,6H,1H3. The highest BCUT2D eigenvalue weighted by Gasteiger charge is 2.00. The molecule has 0 amide bonds. The predicted octanol–water partition coefficient (Wildman–Crippen LogP) is 1.69. The van der Waals surface area contributed by atoms with Crippen LogP contribution in [0.2, 0.25) is 0 Å². The van der Waals surface area contributed by atoms with Gasteiger partial charge in [0, 0.05) is 11.1 Å². The number of nitrogens with zero attached hydrogens (tertiary/aromatic N) is 1. The summed E-state index contributed by atoms with van der Waals surface area (Å²) in [4.78, 5) is 1.13. The fourth-order valence-electron chi connectivity index (χ4n) is 0.359. The van der Waals surface area contributed by atoms with Gasteiger partial charge in [-0.2, -0.15) is 5.10 Å². The zero-order valence-electron chi connectivity index (χ0n) is 4.31. The Morgan fingerprint density at radius 3 is 3.00 bits per heavy atom. The molecule has 0 fully saturated rings. The molecule has 8 heavy (non-hydrogen) atoms. The van der Waals surface area contributed by atoms with E-state index in [1.165, 1.54) is 11.8 Å². The van der Waals surface area contributed by atoms with Crippen molar-refractivity contribution in [3.8, 4) is 0 Å². The number of hydrazone groups is 1. The smallest absolute Gasteiger partial charge is 0.187 e. The number of thioether (sulfide) groups is 1. The fraction of sp³-hybridized carbons (Fsp3) is 0.250. The molecule has 1 N–H and O–H groups in total. The first kappa shape index (κ1) is 5.98. The highest BCUT2D eigenvalue weighted by Crippen LogP contribution is 2.20. The Kier molecular flexibility index (Phi) is 1.81. The number of halogens is 1. The predicted molar refractivity (Wildman–Crippen MR) is 37.8 cm³/mol. The summed E-state index contributed by atoms with van der Waals surface area (Å²) in [6.07, 6.45) is 1.80. The first-order valence-electron chi connectivity index (χ1n) is 2.12. The van der Waals surface area contributed by atoms with Crippen molar-refractivity contribution in [2.45, 2.75) is 6.92 Å². The van der Waals surface area contributed by atoms with Gasteiger partial charge in [-0.15, -0.1) is 0 Å². The van der Waals surface area contributed by atoms with Crippen molar-refractivity contribution in [3.63, 3.8) is 0 Å². The zero-order valence-corrected chi connectivity index (χ0v) is 5.88. The van der Waals surface area contributed by atoms with Crippen molar-refractivity contribution in [3.05, 3.63) is 11.1 Å². The van der Waals surface area contributed by atoms with Gasteiger partial charge < -0.3 is 0 Å². The summed E-state index contributed by atoms with van der Waals surface area (Å²) < 4.78 is 0.546. The molecule has 0 saturated heterocycles. The Morgan fingerprint density at radius 2 is 2.62 bits per heavy atom. The second-order valence-electron chi connectivity index (χ2n) is 1.35. The molecule has 2 nitrogen and oxygen atoms in total. The van der Waals surface area contributed by atoms with E-state index in [0.29, 0.717) is 4.50 Å². The largest absolute Gasteiger partial charge is 0.283 e. The second kappa shape index (κ2) is 2.42. The van der Waals surface area contributed by atoms with Crippen molar-refractivity contribution in [1.82, 2.24) is 5.43 Å². The van der Waals surface area contributed by atoms with Gasteiger partial charge in [0.2, 0.25) is 0 Å². The Bertz CT molecular complexity index is 136. The third kappa shape index (κ3) is 1.42. The topological polar surface area (TPSA) is 24.4 Å². The summed E-state index contributed by atoms with van der Waals surface area (Å²) in [7, 11) is 0. The van der Waals surface area contributed by atoms with Gasteiger partial charge in [0.1, 0.15) is 0 Å². The average molecular weight is 149 g/mol. The Hall–Kier alpha value is -0.150. The molecule has 0 aliphatic carbocycles. The van der Waals surface area contributed by atoms with Crippen LogP contribution in [-0.4, -0.2) is 4.50 Å². The van der Waals surface area contributed by atoms with Crippen LogP contribution in [0.5, 0.6) is 0 Å². The quantitative estimate of drug-likeness (QED) is 0.566. The van der Waals surface area contributed by atoms with Gasteiger partial charge in [0.05, 0.1) is 0 Å². The fourth-order valence-corrected chi connectivity index (χ4v) is 1.25. The molecular weight excluding hydrogens is 144 g/mol.